The smallest absolute Gasteiger partial charge is 0.344 e. The van der Waals surface area contributed by atoms with Crippen molar-refractivity contribution in [3.63, 3.8) is 0 Å². The minimum Gasteiger partial charge on any atom is -0.417 e. The number of carbonyl (C=O) groups excluding carboxylic acids is 2. The monoisotopic (exact) mass is 438 g/mol. The number of nitrogens with one attached hydrogen (secondary N) is 1. The topological polar surface area (TPSA) is 102 Å². The molecule has 0 aliphatic heterocycles. The number of benzene rings is 1. The Hall–Kier alpha value is -2.93. The van der Waals surface area contributed by atoms with Crippen LogP contribution in [-0.4, -0.2) is 11.8 Å². The maximum absolute atomic E-state index is 12.9. The lowest BCUT2D eigenvalue weighted by Gasteiger charge is -2.36. The molecule has 0 saturated carbocycles. The predicted molar refractivity (Wildman–Crippen MR) is 123 cm³/mol. The van der Waals surface area contributed by atoms with Gasteiger partial charge in [0.2, 0.25) is 0 Å². The van der Waals surface area contributed by atoms with Gasteiger partial charge in [-0.05, 0) is 53.7 Å². The van der Waals surface area contributed by atoms with Crippen LogP contribution >= 0.6 is 11.3 Å². The predicted octanol–water partition coefficient (Wildman–Crippen LogP) is 4.75. The Bertz CT molecular complexity index is 1240. The van der Waals surface area contributed by atoms with Gasteiger partial charge in [0, 0.05) is 4.88 Å². The average molecular weight is 439 g/mol. The van der Waals surface area contributed by atoms with Crippen molar-refractivity contribution in [3.05, 3.63) is 62.5 Å². The molecule has 0 saturated heterocycles. The summed E-state index contributed by atoms with van der Waals surface area (Å²) in [4.78, 5) is 38.4. The summed E-state index contributed by atoms with van der Waals surface area (Å²) in [5.41, 5.74) is 6.63. The van der Waals surface area contributed by atoms with Crippen molar-refractivity contribution in [2.45, 2.75) is 46.5 Å². The van der Waals surface area contributed by atoms with Gasteiger partial charge in [-0.1, -0.05) is 45.4 Å². The first-order valence-corrected chi connectivity index (χ1v) is 11.3. The van der Waals surface area contributed by atoms with Gasteiger partial charge in [-0.3, -0.25) is 9.59 Å². The fourth-order valence-corrected chi connectivity index (χ4v) is 5.63. The number of primary amides is 1. The largest absolute Gasteiger partial charge is 0.417 e. The number of thiophene rings is 1. The molecule has 0 bridgehead atoms. The van der Waals surface area contributed by atoms with Gasteiger partial charge >= 0.3 is 5.63 Å². The van der Waals surface area contributed by atoms with Crippen molar-refractivity contribution in [2.75, 3.05) is 5.32 Å². The van der Waals surface area contributed by atoms with Gasteiger partial charge in [0.05, 0.1) is 10.9 Å². The van der Waals surface area contributed by atoms with Crippen molar-refractivity contribution in [3.8, 4) is 0 Å². The van der Waals surface area contributed by atoms with Crippen molar-refractivity contribution in [2.24, 2.45) is 17.1 Å². The fraction of sp³-hybridized carbons (Fsp3) is 0.375. The molecule has 4 rings (SSSR count). The normalized spacial score (nSPS) is 16.2. The van der Waals surface area contributed by atoms with Gasteiger partial charge in [-0.2, -0.15) is 0 Å². The van der Waals surface area contributed by atoms with E-state index in [2.05, 4.69) is 26.1 Å². The molecular weight excluding hydrogens is 412 g/mol. The van der Waals surface area contributed by atoms with E-state index >= 15 is 0 Å². The van der Waals surface area contributed by atoms with E-state index in [1.807, 2.05) is 0 Å². The van der Waals surface area contributed by atoms with Crippen molar-refractivity contribution in [1.82, 2.24) is 0 Å². The molecule has 7 heteroatoms. The second-order valence-corrected chi connectivity index (χ2v) is 9.90. The van der Waals surface area contributed by atoms with Crippen LogP contribution in [0.3, 0.4) is 0 Å². The highest BCUT2D eigenvalue weighted by Crippen LogP contribution is 2.45. The zero-order chi connectivity index (χ0) is 22.3. The third-order valence-electron chi connectivity index (χ3n) is 6.65. The van der Waals surface area contributed by atoms with Crippen LogP contribution in [0.5, 0.6) is 0 Å². The van der Waals surface area contributed by atoms with E-state index in [1.165, 1.54) is 17.4 Å². The summed E-state index contributed by atoms with van der Waals surface area (Å²) in [6.07, 6.45) is 3.69. The molecular formula is C24H26N2O4S. The Kier molecular flexibility index (Phi) is 5.47. The first-order valence-electron chi connectivity index (χ1n) is 10.5. The van der Waals surface area contributed by atoms with Crippen molar-refractivity contribution in [1.29, 1.82) is 0 Å². The lowest BCUT2D eigenvalue weighted by Crippen LogP contribution is -2.29. The molecule has 0 radical (unpaired) electrons. The Morgan fingerprint density at radius 1 is 1.29 bits per heavy atom. The molecule has 2 amide bonds. The van der Waals surface area contributed by atoms with E-state index in [0.717, 1.165) is 36.1 Å². The number of hydrogen-bond donors (Lipinski definition) is 2. The summed E-state index contributed by atoms with van der Waals surface area (Å²) < 4.78 is 5.22. The van der Waals surface area contributed by atoms with Gasteiger partial charge in [0.15, 0.2) is 5.76 Å². The minimum atomic E-state index is -0.575. The molecule has 2 aromatic heterocycles. The summed E-state index contributed by atoms with van der Waals surface area (Å²) in [7, 11) is 0. The summed E-state index contributed by atoms with van der Waals surface area (Å²) >= 11 is 1.40. The number of amides is 2. The number of nitrogens with two attached hydrogens (primary N) is 1. The van der Waals surface area contributed by atoms with E-state index in [4.69, 9.17) is 10.2 Å². The standard InChI is InChI=1S/C24H26N2O4S/c1-4-24(2,3)14-9-10-16-18(12-14)31-22(19(16)20(25)27)26-21(28)17-11-13-7-5-6-8-15(13)23(29)30-17/h5-8,11,14H,4,9-10,12H2,1-3H3,(H2,25,27)(H,26,28). The first kappa shape index (κ1) is 21.3. The molecule has 2 heterocycles. The van der Waals surface area contributed by atoms with E-state index in [0.29, 0.717) is 27.3 Å². The van der Waals surface area contributed by atoms with Crippen LogP contribution < -0.4 is 16.7 Å². The average Bonchev–Trinajstić information content (AvgIpc) is 3.10. The van der Waals surface area contributed by atoms with Crippen molar-refractivity contribution >= 4 is 38.9 Å². The molecule has 0 spiro atoms. The summed E-state index contributed by atoms with van der Waals surface area (Å²) in [5, 5.41) is 4.23. The molecule has 3 N–H and O–H groups in total. The van der Waals surface area contributed by atoms with E-state index < -0.39 is 17.4 Å². The van der Waals surface area contributed by atoms with Crippen LogP contribution in [0, 0.1) is 11.3 Å². The van der Waals surface area contributed by atoms with Crippen LogP contribution in [0.15, 0.2) is 39.5 Å². The van der Waals surface area contributed by atoms with E-state index in [9.17, 15) is 14.4 Å². The molecule has 162 valence electrons. The molecule has 0 fully saturated rings. The summed E-state index contributed by atoms with van der Waals surface area (Å²) in [5.74, 6) is -0.725. The maximum Gasteiger partial charge on any atom is 0.344 e. The first-order chi connectivity index (χ1) is 14.7. The Balaban J connectivity index is 1.67. The van der Waals surface area contributed by atoms with Gasteiger partial charge in [-0.25, -0.2) is 4.79 Å². The fourth-order valence-electron chi connectivity index (χ4n) is 4.30. The number of fused-ring (bicyclic) bond motifs is 2. The second kappa shape index (κ2) is 7.96. The summed E-state index contributed by atoms with van der Waals surface area (Å²) in [6.45, 7) is 6.74. The van der Waals surface area contributed by atoms with Gasteiger partial charge in [0.1, 0.15) is 5.00 Å². The molecule has 1 aliphatic rings. The van der Waals surface area contributed by atoms with Gasteiger partial charge in [-0.15, -0.1) is 11.3 Å². The number of hydrogen-bond acceptors (Lipinski definition) is 5. The lowest BCUT2D eigenvalue weighted by molar-refractivity contribution is 0.0993. The van der Waals surface area contributed by atoms with E-state index in [1.54, 1.807) is 24.3 Å². The quantitative estimate of drug-likeness (QED) is 0.600. The van der Waals surface area contributed by atoms with Crippen LogP contribution in [-0.2, 0) is 12.8 Å². The Labute approximate surface area is 184 Å². The minimum absolute atomic E-state index is 0.101. The van der Waals surface area contributed by atoms with Gasteiger partial charge < -0.3 is 15.5 Å². The SMILES string of the molecule is CCC(C)(C)C1CCc2c(sc(NC(=O)c3cc4ccccc4c(=O)o3)c2C(N)=O)C1. The van der Waals surface area contributed by atoms with E-state index in [-0.39, 0.29) is 11.2 Å². The van der Waals surface area contributed by atoms with Gasteiger partial charge in [0.25, 0.3) is 11.8 Å². The molecule has 3 aromatic rings. The highest BCUT2D eigenvalue weighted by atomic mass is 32.1. The third-order valence-corrected chi connectivity index (χ3v) is 7.82. The number of carbonyl (C=O) groups is 2. The zero-order valence-electron chi connectivity index (χ0n) is 17.9. The Morgan fingerprint density at radius 3 is 2.74 bits per heavy atom. The summed E-state index contributed by atoms with van der Waals surface area (Å²) in [6, 6.07) is 8.45. The Morgan fingerprint density at radius 2 is 2.03 bits per heavy atom. The molecule has 1 unspecified atom stereocenters. The van der Waals surface area contributed by atoms with Crippen LogP contribution in [0.2, 0.25) is 0 Å². The van der Waals surface area contributed by atoms with Crippen LogP contribution in [0.4, 0.5) is 5.00 Å². The molecule has 1 atom stereocenters. The number of rotatable bonds is 5. The lowest BCUT2D eigenvalue weighted by atomic mass is 9.69. The zero-order valence-corrected chi connectivity index (χ0v) is 18.7. The molecule has 1 aliphatic carbocycles. The molecule has 31 heavy (non-hydrogen) atoms. The molecule has 6 nitrogen and oxygen atoms in total. The third kappa shape index (κ3) is 3.90. The van der Waals surface area contributed by atoms with Crippen molar-refractivity contribution < 1.29 is 14.0 Å². The highest BCUT2D eigenvalue weighted by molar-refractivity contribution is 7.17. The maximum atomic E-state index is 12.9. The van der Waals surface area contributed by atoms with Crippen LogP contribution in [0.1, 0.15) is 65.0 Å². The molecule has 1 aromatic carbocycles. The van der Waals surface area contributed by atoms with Crippen LogP contribution in [0.25, 0.3) is 10.8 Å². The number of anilines is 1. The highest BCUT2D eigenvalue weighted by Gasteiger charge is 2.35. The second-order valence-electron chi connectivity index (χ2n) is 8.79.